The quantitative estimate of drug-likeness (QED) is 0.799. The minimum absolute atomic E-state index is 0.0888. The number of aromatic nitrogens is 2. The van der Waals surface area contributed by atoms with Gasteiger partial charge in [-0.15, -0.1) is 0 Å². The zero-order valence-corrected chi connectivity index (χ0v) is 12.2. The van der Waals surface area contributed by atoms with Crippen molar-refractivity contribution in [2.75, 3.05) is 0 Å². The predicted molar refractivity (Wildman–Crippen MR) is 83.8 cm³/mol. The first-order chi connectivity index (χ1) is 10.8. The molecule has 1 amide bonds. The second-order valence-electron chi connectivity index (χ2n) is 5.87. The van der Waals surface area contributed by atoms with E-state index < -0.39 is 0 Å². The fourth-order valence-electron chi connectivity index (χ4n) is 3.58. The van der Waals surface area contributed by atoms with Crippen molar-refractivity contribution in [3.8, 4) is 0 Å². The molecule has 2 bridgehead atoms. The highest BCUT2D eigenvalue weighted by Crippen LogP contribution is 2.42. The van der Waals surface area contributed by atoms with E-state index in [9.17, 15) is 4.79 Å². The van der Waals surface area contributed by atoms with Gasteiger partial charge in [-0.1, -0.05) is 30.3 Å². The number of rotatable bonds is 2. The molecule has 22 heavy (non-hydrogen) atoms. The van der Waals surface area contributed by atoms with Gasteiger partial charge in [0.2, 0.25) is 5.91 Å². The van der Waals surface area contributed by atoms with Crippen molar-refractivity contribution in [2.45, 2.75) is 31.3 Å². The molecule has 2 atom stereocenters. The van der Waals surface area contributed by atoms with Crippen LogP contribution in [0.15, 0.2) is 48.9 Å². The summed E-state index contributed by atoms with van der Waals surface area (Å²) in [6.45, 7) is 0. The largest absolute Gasteiger partial charge is 0.329 e. The maximum atomic E-state index is 12.6. The van der Waals surface area contributed by atoms with Crippen LogP contribution in [0.4, 0.5) is 0 Å². The molecule has 110 valence electrons. The molecule has 1 saturated heterocycles. The summed E-state index contributed by atoms with van der Waals surface area (Å²) in [5.74, 6) is 0.0888. The van der Waals surface area contributed by atoms with E-state index in [2.05, 4.69) is 9.97 Å². The number of fused-ring (bicyclic) bond motifs is 4. The monoisotopic (exact) mass is 291 g/mol. The van der Waals surface area contributed by atoms with Gasteiger partial charge in [0.1, 0.15) is 6.33 Å². The number of hydrogen-bond acceptors (Lipinski definition) is 3. The van der Waals surface area contributed by atoms with Gasteiger partial charge in [0, 0.05) is 30.3 Å². The summed E-state index contributed by atoms with van der Waals surface area (Å²) in [5.41, 5.74) is 3.28. The topological polar surface area (TPSA) is 46.1 Å². The zero-order chi connectivity index (χ0) is 14.9. The van der Waals surface area contributed by atoms with Crippen molar-refractivity contribution in [1.82, 2.24) is 14.9 Å². The summed E-state index contributed by atoms with van der Waals surface area (Å²) in [5, 5.41) is 0. The summed E-state index contributed by atoms with van der Waals surface area (Å²) < 4.78 is 0. The Morgan fingerprint density at radius 2 is 2.09 bits per heavy atom. The van der Waals surface area contributed by atoms with E-state index in [-0.39, 0.29) is 18.0 Å². The minimum atomic E-state index is 0.0888. The van der Waals surface area contributed by atoms with Gasteiger partial charge in [0.05, 0.1) is 11.7 Å². The fourth-order valence-corrected chi connectivity index (χ4v) is 3.58. The first-order valence-electron chi connectivity index (χ1n) is 7.67. The van der Waals surface area contributed by atoms with Crippen LogP contribution in [0.1, 0.15) is 35.7 Å². The number of benzene rings is 1. The van der Waals surface area contributed by atoms with Crippen LogP contribution in [-0.2, 0) is 11.2 Å². The third-order valence-electron chi connectivity index (χ3n) is 4.59. The normalized spacial score (nSPS) is 22.8. The molecule has 0 saturated carbocycles. The Bertz CT molecular complexity index is 726. The maximum absolute atomic E-state index is 12.6. The molecular formula is C18H17N3O. The number of carbonyl (C=O) groups excluding carboxylic acids is 1. The lowest BCUT2D eigenvalue weighted by Crippen LogP contribution is -2.41. The van der Waals surface area contributed by atoms with Gasteiger partial charge in [-0.3, -0.25) is 4.79 Å². The van der Waals surface area contributed by atoms with Crippen LogP contribution >= 0.6 is 0 Å². The van der Waals surface area contributed by atoms with Crippen molar-refractivity contribution in [2.24, 2.45) is 0 Å². The average molecular weight is 291 g/mol. The molecular weight excluding hydrogens is 274 g/mol. The van der Waals surface area contributed by atoms with Crippen LogP contribution in [0.3, 0.4) is 0 Å². The van der Waals surface area contributed by atoms with Crippen molar-refractivity contribution in [3.63, 3.8) is 0 Å². The van der Waals surface area contributed by atoms with Gasteiger partial charge in [0.15, 0.2) is 0 Å². The summed E-state index contributed by atoms with van der Waals surface area (Å²) in [7, 11) is 0. The molecule has 0 N–H and O–H groups in total. The van der Waals surface area contributed by atoms with Crippen LogP contribution in [-0.4, -0.2) is 26.8 Å². The molecule has 2 aliphatic rings. The molecule has 4 rings (SSSR count). The lowest BCUT2D eigenvalue weighted by molar-refractivity contribution is -0.129. The van der Waals surface area contributed by atoms with Crippen LogP contribution in [0.25, 0.3) is 6.08 Å². The average Bonchev–Trinajstić information content (AvgIpc) is 2.89. The predicted octanol–water partition coefficient (Wildman–Crippen LogP) is 2.78. The second-order valence-corrected chi connectivity index (χ2v) is 5.87. The molecule has 1 aromatic heterocycles. The summed E-state index contributed by atoms with van der Waals surface area (Å²) in [4.78, 5) is 23.2. The highest BCUT2D eigenvalue weighted by Gasteiger charge is 2.42. The Morgan fingerprint density at radius 3 is 2.95 bits per heavy atom. The molecule has 0 unspecified atom stereocenters. The van der Waals surface area contributed by atoms with E-state index in [1.165, 1.54) is 0 Å². The number of carbonyl (C=O) groups is 1. The Morgan fingerprint density at radius 1 is 1.23 bits per heavy atom. The molecule has 2 aromatic rings. The van der Waals surface area contributed by atoms with E-state index in [1.54, 1.807) is 12.4 Å². The lowest BCUT2D eigenvalue weighted by atomic mass is 9.99. The fraction of sp³-hybridized carbons (Fsp3) is 0.278. The van der Waals surface area contributed by atoms with Crippen molar-refractivity contribution in [3.05, 3.63) is 65.8 Å². The molecule has 2 aliphatic heterocycles. The summed E-state index contributed by atoms with van der Waals surface area (Å²) in [6.07, 6.45) is 9.95. The van der Waals surface area contributed by atoms with E-state index >= 15 is 0 Å². The molecule has 1 fully saturated rings. The van der Waals surface area contributed by atoms with Gasteiger partial charge in [-0.2, -0.15) is 0 Å². The SMILES string of the molecule is O=C(/C=C/c1ccccc1)N1[C@H]2CC[C@H]1c1cncnc1C2. The molecule has 0 radical (unpaired) electrons. The third-order valence-corrected chi connectivity index (χ3v) is 4.59. The Hall–Kier alpha value is -2.49. The molecule has 0 aliphatic carbocycles. The first kappa shape index (κ1) is 13.2. The number of hydrogen-bond donors (Lipinski definition) is 0. The highest BCUT2D eigenvalue weighted by atomic mass is 16.2. The van der Waals surface area contributed by atoms with Crippen molar-refractivity contribution < 1.29 is 4.79 Å². The van der Waals surface area contributed by atoms with E-state index in [1.807, 2.05) is 47.5 Å². The van der Waals surface area contributed by atoms with Gasteiger partial charge in [-0.05, 0) is 24.5 Å². The standard InChI is InChI=1S/C18H17N3O/c22-18(9-6-13-4-2-1-3-5-13)21-14-7-8-17(21)15-11-19-12-20-16(15)10-14/h1-6,9,11-12,14,17H,7-8,10H2/b9-6+/t14-,17-/m0/s1. The van der Waals surface area contributed by atoms with Crippen LogP contribution in [0.5, 0.6) is 0 Å². The minimum Gasteiger partial charge on any atom is -0.329 e. The van der Waals surface area contributed by atoms with Crippen LogP contribution in [0.2, 0.25) is 0 Å². The van der Waals surface area contributed by atoms with Crippen LogP contribution < -0.4 is 0 Å². The Labute approximate surface area is 129 Å². The molecule has 1 aromatic carbocycles. The third kappa shape index (κ3) is 2.21. The highest BCUT2D eigenvalue weighted by molar-refractivity contribution is 5.92. The molecule has 0 spiro atoms. The lowest BCUT2D eigenvalue weighted by Gasteiger charge is -2.34. The number of amides is 1. The first-order valence-corrected chi connectivity index (χ1v) is 7.67. The van der Waals surface area contributed by atoms with Crippen molar-refractivity contribution >= 4 is 12.0 Å². The van der Waals surface area contributed by atoms with Gasteiger partial charge in [-0.25, -0.2) is 9.97 Å². The smallest absolute Gasteiger partial charge is 0.247 e. The van der Waals surface area contributed by atoms with E-state index in [0.717, 1.165) is 36.1 Å². The van der Waals surface area contributed by atoms with Gasteiger partial charge >= 0.3 is 0 Å². The molecule has 4 nitrogen and oxygen atoms in total. The van der Waals surface area contributed by atoms with E-state index in [0.29, 0.717) is 0 Å². The zero-order valence-electron chi connectivity index (χ0n) is 12.2. The summed E-state index contributed by atoms with van der Waals surface area (Å²) in [6, 6.07) is 10.3. The maximum Gasteiger partial charge on any atom is 0.247 e. The van der Waals surface area contributed by atoms with Gasteiger partial charge in [0.25, 0.3) is 0 Å². The second kappa shape index (κ2) is 5.37. The Kier molecular flexibility index (Phi) is 3.22. The number of nitrogens with zero attached hydrogens (tertiary/aromatic N) is 3. The summed E-state index contributed by atoms with van der Waals surface area (Å²) >= 11 is 0. The van der Waals surface area contributed by atoms with Crippen LogP contribution in [0, 0.1) is 0 Å². The Balaban J connectivity index is 1.59. The van der Waals surface area contributed by atoms with E-state index in [4.69, 9.17) is 0 Å². The molecule has 3 heterocycles. The molecule has 4 heteroatoms. The van der Waals surface area contributed by atoms with Crippen molar-refractivity contribution in [1.29, 1.82) is 0 Å². The van der Waals surface area contributed by atoms with Gasteiger partial charge < -0.3 is 4.90 Å².